The van der Waals surface area contributed by atoms with Crippen molar-refractivity contribution < 1.29 is 26.7 Å². The predicted molar refractivity (Wildman–Crippen MR) is 115 cm³/mol. The molecule has 6 heteroatoms. The number of halogens is 5. The van der Waals surface area contributed by atoms with Crippen LogP contribution in [0.5, 0.6) is 5.75 Å². The second kappa shape index (κ2) is 9.50. The Morgan fingerprint density at radius 2 is 1.50 bits per heavy atom. The third kappa shape index (κ3) is 4.94. The highest BCUT2D eigenvalue weighted by Crippen LogP contribution is 2.47. The molecule has 1 atom stereocenters. The van der Waals surface area contributed by atoms with Gasteiger partial charge in [-0.05, 0) is 85.8 Å². The van der Waals surface area contributed by atoms with Crippen LogP contribution >= 0.6 is 0 Å². The van der Waals surface area contributed by atoms with Crippen molar-refractivity contribution in [2.45, 2.75) is 95.6 Å². The lowest BCUT2D eigenvalue weighted by molar-refractivity contribution is -0.305. The first kappa shape index (κ1) is 23.8. The standard InChI is InChI=1S/C26H35F5O/c1-2-3-17-4-6-18(7-5-17)19-8-10-20(11-9-19)21-12-13-22-14-23(16-32-24(22)15-21)25(27,28)26(29,30)31/h12-13,15,17-20,23H,2-11,14,16H2,1H3. The highest BCUT2D eigenvalue weighted by atomic mass is 19.4. The lowest BCUT2D eigenvalue weighted by atomic mass is 9.68. The summed E-state index contributed by atoms with van der Waals surface area (Å²) in [6.45, 7) is 1.67. The van der Waals surface area contributed by atoms with E-state index in [1.807, 2.05) is 12.1 Å². The minimum absolute atomic E-state index is 0.310. The maximum absolute atomic E-state index is 13.7. The van der Waals surface area contributed by atoms with Crippen molar-refractivity contribution in [2.24, 2.45) is 23.7 Å². The summed E-state index contributed by atoms with van der Waals surface area (Å²) in [6, 6.07) is 5.50. The first-order valence-corrected chi connectivity index (χ1v) is 12.4. The number of fused-ring (bicyclic) bond motifs is 1. The number of hydrogen-bond acceptors (Lipinski definition) is 1. The fraction of sp³-hybridized carbons (Fsp3) is 0.769. The zero-order valence-electron chi connectivity index (χ0n) is 18.9. The highest BCUT2D eigenvalue weighted by molar-refractivity contribution is 5.41. The molecule has 0 saturated heterocycles. The quantitative estimate of drug-likeness (QED) is 0.403. The summed E-state index contributed by atoms with van der Waals surface area (Å²) < 4.78 is 71.0. The fourth-order valence-corrected chi connectivity index (χ4v) is 6.39. The Hall–Kier alpha value is -1.33. The Morgan fingerprint density at radius 1 is 0.875 bits per heavy atom. The van der Waals surface area contributed by atoms with Crippen molar-refractivity contribution in [2.75, 3.05) is 6.61 Å². The van der Waals surface area contributed by atoms with E-state index in [-0.39, 0.29) is 6.42 Å². The van der Waals surface area contributed by atoms with Crippen molar-refractivity contribution in [3.05, 3.63) is 29.3 Å². The third-order valence-electron chi connectivity index (χ3n) is 8.39. The van der Waals surface area contributed by atoms with Crippen molar-refractivity contribution >= 4 is 0 Å². The van der Waals surface area contributed by atoms with Gasteiger partial charge in [-0.1, -0.05) is 44.7 Å². The molecule has 0 aromatic heterocycles. The van der Waals surface area contributed by atoms with Gasteiger partial charge in [0.15, 0.2) is 0 Å². The molecule has 32 heavy (non-hydrogen) atoms. The molecule has 3 aliphatic rings. The Morgan fingerprint density at radius 3 is 2.09 bits per heavy atom. The average molecular weight is 459 g/mol. The second-order valence-corrected chi connectivity index (χ2v) is 10.4. The van der Waals surface area contributed by atoms with Crippen molar-refractivity contribution in [1.82, 2.24) is 0 Å². The maximum Gasteiger partial charge on any atom is 0.453 e. The molecule has 0 N–H and O–H groups in total. The summed E-state index contributed by atoms with van der Waals surface area (Å²) in [5, 5.41) is 0. The molecule has 2 fully saturated rings. The first-order chi connectivity index (χ1) is 15.2. The molecule has 1 aliphatic heterocycles. The van der Waals surface area contributed by atoms with Crippen LogP contribution in [0.4, 0.5) is 22.0 Å². The van der Waals surface area contributed by atoms with Gasteiger partial charge in [-0.2, -0.15) is 22.0 Å². The van der Waals surface area contributed by atoms with Gasteiger partial charge in [-0.25, -0.2) is 0 Å². The van der Waals surface area contributed by atoms with Gasteiger partial charge in [0, 0.05) is 0 Å². The average Bonchev–Trinajstić information content (AvgIpc) is 2.78. The maximum atomic E-state index is 13.7. The van der Waals surface area contributed by atoms with Gasteiger partial charge in [0.1, 0.15) is 5.75 Å². The van der Waals surface area contributed by atoms with Crippen LogP contribution in [0, 0.1) is 23.7 Å². The monoisotopic (exact) mass is 458 g/mol. The van der Waals surface area contributed by atoms with Crippen LogP contribution in [0.2, 0.25) is 0 Å². The van der Waals surface area contributed by atoms with Gasteiger partial charge in [-0.15, -0.1) is 0 Å². The summed E-state index contributed by atoms with van der Waals surface area (Å²) >= 11 is 0. The molecule has 1 aromatic carbocycles. The van der Waals surface area contributed by atoms with Gasteiger partial charge >= 0.3 is 12.1 Å². The van der Waals surface area contributed by atoms with Crippen molar-refractivity contribution in [1.29, 1.82) is 0 Å². The van der Waals surface area contributed by atoms with E-state index in [4.69, 9.17) is 4.74 Å². The van der Waals surface area contributed by atoms with Crippen LogP contribution in [-0.2, 0) is 6.42 Å². The van der Waals surface area contributed by atoms with Crippen LogP contribution in [0.15, 0.2) is 18.2 Å². The van der Waals surface area contributed by atoms with E-state index in [1.54, 1.807) is 6.07 Å². The minimum atomic E-state index is -5.55. The number of alkyl halides is 5. The van der Waals surface area contributed by atoms with Crippen molar-refractivity contribution in [3.63, 3.8) is 0 Å². The van der Waals surface area contributed by atoms with E-state index < -0.39 is 24.6 Å². The van der Waals surface area contributed by atoms with Crippen LogP contribution in [0.25, 0.3) is 0 Å². The fourth-order valence-electron chi connectivity index (χ4n) is 6.39. The van der Waals surface area contributed by atoms with Gasteiger partial charge in [0.2, 0.25) is 0 Å². The molecule has 0 amide bonds. The molecule has 2 saturated carbocycles. The molecule has 0 spiro atoms. The van der Waals surface area contributed by atoms with Gasteiger partial charge in [0.25, 0.3) is 0 Å². The number of rotatable bonds is 5. The molecule has 1 aromatic rings. The van der Waals surface area contributed by atoms with Crippen LogP contribution in [0.1, 0.15) is 88.2 Å². The number of benzene rings is 1. The molecule has 1 unspecified atom stereocenters. The Labute approximate surface area is 188 Å². The molecule has 4 rings (SSSR count). The number of hydrogen-bond donors (Lipinski definition) is 0. The molecule has 1 nitrogen and oxygen atoms in total. The first-order valence-electron chi connectivity index (χ1n) is 12.4. The van der Waals surface area contributed by atoms with E-state index in [0.717, 1.165) is 36.2 Å². The topological polar surface area (TPSA) is 9.23 Å². The second-order valence-electron chi connectivity index (χ2n) is 10.4. The molecular formula is C26H35F5O. The van der Waals surface area contributed by atoms with Gasteiger partial charge in [-0.3, -0.25) is 0 Å². The summed E-state index contributed by atoms with van der Waals surface area (Å²) in [7, 11) is 0. The highest BCUT2D eigenvalue weighted by Gasteiger charge is 2.62. The Balaban J connectivity index is 1.32. The summed E-state index contributed by atoms with van der Waals surface area (Å²) in [5.74, 6) is -3.10. The molecule has 180 valence electrons. The van der Waals surface area contributed by atoms with Crippen LogP contribution in [-0.4, -0.2) is 18.7 Å². The molecular weight excluding hydrogens is 423 g/mol. The zero-order chi connectivity index (χ0) is 22.9. The summed E-state index contributed by atoms with van der Waals surface area (Å²) in [5.41, 5.74) is 1.58. The summed E-state index contributed by atoms with van der Waals surface area (Å²) in [6.07, 6.45) is 7.00. The Kier molecular flexibility index (Phi) is 7.07. The van der Waals surface area contributed by atoms with Crippen LogP contribution in [0.3, 0.4) is 0 Å². The van der Waals surface area contributed by atoms with Gasteiger partial charge < -0.3 is 4.74 Å². The smallest absolute Gasteiger partial charge is 0.453 e. The largest absolute Gasteiger partial charge is 0.493 e. The van der Waals surface area contributed by atoms with Crippen LogP contribution < -0.4 is 4.74 Å². The minimum Gasteiger partial charge on any atom is -0.493 e. The van der Waals surface area contributed by atoms with Crippen molar-refractivity contribution in [3.8, 4) is 5.75 Å². The third-order valence-corrected chi connectivity index (χ3v) is 8.39. The lowest BCUT2D eigenvalue weighted by Gasteiger charge is -2.38. The normalized spacial score (nSPS) is 31.6. The molecule has 1 heterocycles. The van der Waals surface area contributed by atoms with Gasteiger partial charge in [0.05, 0.1) is 12.5 Å². The molecule has 0 radical (unpaired) electrons. The SMILES string of the molecule is CCCC1CCC(C2CCC(c3ccc4c(c3)OCC(C(F)(F)C(F)(F)F)C4)CC2)CC1. The van der Waals surface area contributed by atoms with E-state index in [1.165, 1.54) is 51.4 Å². The number of ether oxygens (including phenoxy) is 1. The lowest BCUT2D eigenvalue weighted by Crippen LogP contribution is -2.47. The van der Waals surface area contributed by atoms with E-state index in [2.05, 4.69) is 6.92 Å². The zero-order valence-corrected chi connectivity index (χ0v) is 18.9. The molecule has 0 bridgehead atoms. The van der Waals surface area contributed by atoms with E-state index in [9.17, 15) is 22.0 Å². The van der Waals surface area contributed by atoms with E-state index in [0.29, 0.717) is 17.2 Å². The van der Waals surface area contributed by atoms with E-state index >= 15 is 0 Å². The summed E-state index contributed by atoms with van der Waals surface area (Å²) in [4.78, 5) is 0. The Bertz CT molecular complexity index is 758. The molecule has 2 aliphatic carbocycles. The predicted octanol–water partition coefficient (Wildman–Crippen LogP) is 8.32.